The Morgan fingerprint density at radius 3 is 2.83 bits per heavy atom. The topological polar surface area (TPSA) is 34.9 Å². The summed E-state index contributed by atoms with van der Waals surface area (Å²) in [7, 11) is 1.85. The van der Waals surface area contributed by atoms with Crippen LogP contribution in [0.15, 0.2) is 12.4 Å². The third kappa shape index (κ3) is 1.05. The molecule has 0 aromatic carbocycles. The molecule has 2 unspecified atom stereocenters. The van der Waals surface area contributed by atoms with Gasteiger partial charge in [0, 0.05) is 25.4 Å². The van der Waals surface area contributed by atoms with Crippen molar-refractivity contribution in [1.29, 1.82) is 0 Å². The van der Waals surface area contributed by atoms with E-state index in [1.54, 1.807) is 17.0 Å². The Labute approximate surface area is 71.4 Å². The monoisotopic (exact) mass is 164 g/mol. The molecule has 0 N–H and O–H groups in total. The Morgan fingerprint density at radius 2 is 2.42 bits per heavy atom. The second-order valence-electron chi connectivity index (χ2n) is 3.55. The van der Waals surface area contributed by atoms with E-state index >= 15 is 0 Å². The average Bonchev–Trinajstić information content (AvgIpc) is 2.59. The summed E-state index contributed by atoms with van der Waals surface area (Å²) in [4.78, 5) is 15.6. The Bertz CT molecular complexity index is 316. The molecular weight excluding hydrogens is 152 g/mol. The summed E-state index contributed by atoms with van der Waals surface area (Å²) in [6, 6.07) is 0. The highest BCUT2D eigenvalue weighted by Crippen LogP contribution is 2.39. The molecule has 1 aromatic heterocycles. The summed E-state index contributed by atoms with van der Waals surface area (Å²) in [6.07, 6.45) is 4.51. The number of imidazole rings is 1. The van der Waals surface area contributed by atoms with Gasteiger partial charge in [-0.1, -0.05) is 6.92 Å². The van der Waals surface area contributed by atoms with Crippen LogP contribution in [0.25, 0.3) is 0 Å². The second kappa shape index (κ2) is 2.44. The maximum absolute atomic E-state index is 11.6. The van der Waals surface area contributed by atoms with Gasteiger partial charge in [-0.3, -0.25) is 4.79 Å². The van der Waals surface area contributed by atoms with Gasteiger partial charge in [0.05, 0.1) is 0 Å². The van der Waals surface area contributed by atoms with E-state index in [4.69, 9.17) is 0 Å². The van der Waals surface area contributed by atoms with Crippen LogP contribution in [0.2, 0.25) is 0 Å². The van der Waals surface area contributed by atoms with E-state index in [-0.39, 0.29) is 11.7 Å². The van der Waals surface area contributed by atoms with Gasteiger partial charge in [-0.05, 0) is 12.3 Å². The number of carbonyl (C=O) groups excluding carboxylic acids is 1. The molecule has 0 bridgehead atoms. The summed E-state index contributed by atoms with van der Waals surface area (Å²) < 4.78 is 1.79. The molecule has 3 heteroatoms. The van der Waals surface area contributed by atoms with Crippen LogP contribution in [0, 0.1) is 11.8 Å². The first-order valence-electron chi connectivity index (χ1n) is 4.21. The highest BCUT2D eigenvalue weighted by molar-refractivity contribution is 5.96. The predicted octanol–water partition coefficient (Wildman–Crippen LogP) is 1.26. The van der Waals surface area contributed by atoms with Gasteiger partial charge in [0.15, 0.2) is 5.82 Å². The van der Waals surface area contributed by atoms with Crippen molar-refractivity contribution in [3.63, 3.8) is 0 Å². The Kier molecular flexibility index (Phi) is 1.53. The number of aromatic nitrogens is 2. The number of hydrogen-bond acceptors (Lipinski definition) is 2. The highest BCUT2D eigenvalue weighted by Gasteiger charge is 2.40. The lowest BCUT2D eigenvalue weighted by Crippen LogP contribution is -2.09. The minimum absolute atomic E-state index is 0.204. The molecule has 3 nitrogen and oxygen atoms in total. The van der Waals surface area contributed by atoms with E-state index in [0.717, 1.165) is 6.42 Å². The van der Waals surface area contributed by atoms with Crippen LogP contribution in [0.5, 0.6) is 0 Å². The lowest BCUT2D eigenvalue weighted by molar-refractivity contribution is 0.0949. The zero-order valence-electron chi connectivity index (χ0n) is 7.32. The molecule has 2 rings (SSSR count). The van der Waals surface area contributed by atoms with Crippen molar-refractivity contribution in [2.24, 2.45) is 18.9 Å². The van der Waals surface area contributed by atoms with E-state index < -0.39 is 0 Å². The SMILES string of the molecule is CC1CC1C(=O)c1nccn1C. The molecule has 1 aliphatic carbocycles. The van der Waals surface area contributed by atoms with Crippen LogP contribution in [0.3, 0.4) is 0 Å². The lowest BCUT2D eigenvalue weighted by Gasteiger charge is -1.97. The fraction of sp³-hybridized carbons (Fsp3) is 0.556. The molecule has 0 aliphatic heterocycles. The van der Waals surface area contributed by atoms with Crippen LogP contribution >= 0.6 is 0 Å². The normalized spacial score (nSPS) is 27.2. The average molecular weight is 164 g/mol. The predicted molar refractivity (Wildman–Crippen MR) is 44.8 cm³/mol. The molecule has 1 aromatic rings. The third-order valence-corrected chi connectivity index (χ3v) is 2.49. The van der Waals surface area contributed by atoms with Crippen LogP contribution in [0.1, 0.15) is 24.0 Å². The molecule has 0 saturated heterocycles. The van der Waals surface area contributed by atoms with Crippen molar-refractivity contribution in [2.45, 2.75) is 13.3 Å². The second-order valence-corrected chi connectivity index (χ2v) is 3.55. The fourth-order valence-electron chi connectivity index (χ4n) is 1.46. The largest absolute Gasteiger partial charge is 0.332 e. The van der Waals surface area contributed by atoms with Crippen molar-refractivity contribution in [1.82, 2.24) is 9.55 Å². The summed E-state index contributed by atoms with van der Waals surface area (Å²) in [5, 5.41) is 0. The third-order valence-electron chi connectivity index (χ3n) is 2.49. The number of Topliss-reactive ketones (excluding diaryl/α,β-unsaturated/α-hetero) is 1. The number of nitrogens with zero attached hydrogens (tertiary/aromatic N) is 2. The van der Waals surface area contributed by atoms with Crippen LogP contribution in [-0.2, 0) is 7.05 Å². The molecule has 12 heavy (non-hydrogen) atoms. The zero-order valence-corrected chi connectivity index (χ0v) is 7.32. The first-order valence-corrected chi connectivity index (χ1v) is 4.21. The van der Waals surface area contributed by atoms with E-state index in [0.29, 0.717) is 11.7 Å². The lowest BCUT2D eigenvalue weighted by atomic mass is 10.2. The molecular formula is C9H12N2O. The van der Waals surface area contributed by atoms with Gasteiger partial charge >= 0.3 is 0 Å². The first-order chi connectivity index (χ1) is 5.70. The van der Waals surface area contributed by atoms with Crippen molar-refractivity contribution >= 4 is 5.78 Å². The molecule has 0 amide bonds. The van der Waals surface area contributed by atoms with Crippen molar-refractivity contribution in [3.05, 3.63) is 18.2 Å². The minimum Gasteiger partial charge on any atom is -0.332 e. The van der Waals surface area contributed by atoms with E-state index in [2.05, 4.69) is 11.9 Å². The van der Waals surface area contributed by atoms with Gasteiger partial charge in [-0.25, -0.2) is 4.98 Å². The molecule has 1 aliphatic rings. The summed E-state index contributed by atoms with van der Waals surface area (Å²) in [6.45, 7) is 2.10. The smallest absolute Gasteiger partial charge is 0.201 e. The minimum atomic E-state index is 0.204. The van der Waals surface area contributed by atoms with Gasteiger partial charge in [0.2, 0.25) is 5.78 Å². The van der Waals surface area contributed by atoms with Crippen LogP contribution in [-0.4, -0.2) is 15.3 Å². The van der Waals surface area contributed by atoms with Crippen molar-refractivity contribution in [2.75, 3.05) is 0 Å². The quantitative estimate of drug-likeness (QED) is 0.617. The van der Waals surface area contributed by atoms with Crippen molar-refractivity contribution < 1.29 is 4.79 Å². The standard InChI is InChI=1S/C9H12N2O/c1-6-5-7(6)8(12)9-10-3-4-11(9)2/h3-4,6-7H,5H2,1-2H3. The maximum Gasteiger partial charge on any atom is 0.201 e. The van der Waals surface area contributed by atoms with Gasteiger partial charge in [-0.2, -0.15) is 0 Å². The number of rotatable bonds is 2. The molecule has 2 atom stereocenters. The highest BCUT2D eigenvalue weighted by atomic mass is 16.1. The Morgan fingerprint density at radius 1 is 1.75 bits per heavy atom. The summed E-state index contributed by atoms with van der Waals surface area (Å²) in [5.41, 5.74) is 0. The molecule has 64 valence electrons. The van der Waals surface area contributed by atoms with Gasteiger partial charge in [-0.15, -0.1) is 0 Å². The van der Waals surface area contributed by atoms with Crippen LogP contribution < -0.4 is 0 Å². The van der Waals surface area contributed by atoms with Crippen molar-refractivity contribution in [3.8, 4) is 0 Å². The number of ketones is 1. The van der Waals surface area contributed by atoms with Gasteiger partial charge in [0.25, 0.3) is 0 Å². The first kappa shape index (κ1) is 7.53. The van der Waals surface area contributed by atoms with E-state index in [1.165, 1.54) is 0 Å². The van der Waals surface area contributed by atoms with Gasteiger partial charge < -0.3 is 4.57 Å². The van der Waals surface area contributed by atoms with Crippen LogP contribution in [0.4, 0.5) is 0 Å². The molecule has 1 heterocycles. The van der Waals surface area contributed by atoms with E-state index in [9.17, 15) is 4.79 Å². The maximum atomic E-state index is 11.6. The summed E-state index contributed by atoms with van der Waals surface area (Å²) in [5.74, 6) is 1.61. The molecule has 0 radical (unpaired) electrons. The Balaban J connectivity index is 2.20. The zero-order chi connectivity index (χ0) is 8.72. The number of hydrogen-bond donors (Lipinski definition) is 0. The summed E-state index contributed by atoms with van der Waals surface area (Å²) >= 11 is 0. The number of aryl methyl sites for hydroxylation is 1. The van der Waals surface area contributed by atoms with Gasteiger partial charge in [0.1, 0.15) is 0 Å². The number of carbonyl (C=O) groups is 1. The molecule has 0 spiro atoms. The Hall–Kier alpha value is -1.12. The molecule has 1 fully saturated rings. The van der Waals surface area contributed by atoms with E-state index in [1.807, 2.05) is 7.05 Å². The fourth-order valence-corrected chi connectivity index (χ4v) is 1.46. The molecule has 1 saturated carbocycles.